The molecular weight excluding hydrogens is 251 g/mol. The number of hydrogen-bond acceptors (Lipinski definition) is 4. The third kappa shape index (κ3) is 31.3. The molecule has 0 atom stereocenters. The molecular formula is C9H17O7P. The third-order valence-corrected chi connectivity index (χ3v) is 0.899. The highest BCUT2D eigenvalue weighted by atomic mass is 31.1. The molecule has 0 aromatic heterocycles. The van der Waals surface area contributed by atoms with E-state index in [1.807, 2.05) is 0 Å². The van der Waals surface area contributed by atoms with Gasteiger partial charge in [-0.25, -0.2) is 9.59 Å². The lowest BCUT2D eigenvalue weighted by atomic mass is 10.4. The highest BCUT2D eigenvalue weighted by molar-refractivity contribution is 7.30. The van der Waals surface area contributed by atoms with Crippen molar-refractivity contribution in [3.63, 3.8) is 0 Å². The van der Waals surface area contributed by atoms with E-state index in [2.05, 4.69) is 17.9 Å². The first kappa shape index (κ1) is 20.9. The smallest absolute Gasteiger partial charge is 0.332 e. The Morgan fingerprint density at radius 1 is 1.12 bits per heavy atom. The molecule has 17 heavy (non-hydrogen) atoms. The van der Waals surface area contributed by atoms with Crippen molar-refractivity contribution in [2.75, 3.05) is 7.11 Å². The number of carboxylic acids is 1. The molecule has 0 saturated carbocycles. The molecule has 0 aliphatic carbocycles. The van der Waals surface area contributed by atoms with Crippen LogP contribution in [-0.2, 0) is 18.9 Å². The number of aliphatic carboxylic acids is 1. The zero-order valence-corrected chi connectivity index (χ0v) is 10.9. The zero-order valence-electron chi connectivity index (χ0n) is 9.89. The molecule has 0 aromatic rings. The fraction of sp³-hybridized carbons (Fsp3) is 0.333. The molecule has 0 aliphatic heterocycles. The summed E-state index contributed by atoms with van der Waals surface area (Å²) < 4.78 is 13.0. The second-order valence-electron chi connectivity index (χ2n) is 2.64. The maximum Gasteiger partial charge on any atom is 0.332 e. The van der Waals surface area contributed by atoms with E-state index in [4.69, 9.17) is 19.5 Å². The topological polar surface area (TPSA) is 121 Å². The third-order valence-electron chi connectivity index (χ3n) is 0.899. The standard InChI is InChI=1S/C5H8O2.C4H6O2.H3O3P/c1-4(2)5(6)7-3;1-3(2)4(5)6;1-4(2)3/h1H2,2-3H3;1H2,2H3,(H,5,6);4H,(H2,1,2,3). The summed E-state index contributed by atoms with van der Waals surface area (Å²) in [5.41, 5.74) is 0.609. The molecule has 0 aromatic carbocycles. The molecule has 3 N–H and O–H groups in total. The van der Waals surface area contributed by atoms with Gasteiger partial charge in [0.25, 0.3) is 0 Å². The van der Waals surface area contributed by atoms with Crippen molar-refractivity contribution in [1.82, 2.24) is 0 Å². The molecule has 0 rings (SSSR count). The lowest BCUT2D eigenvalue weighted by molar-refractivity contribution is -0.136. The minimum atomic E-state index is -3.13. The van der Waals surface area contributed by atoms with E-state index < -0.39 is 14.2 Å². The average molecular weight is 268 g/mol. The van der Waals surface area contributed by atoms with Gasteiger partial charge in [0.1, 0.15) is 0 Å². The van der Waals surface area contributed by atoms with Gasteiger partial charge in [-0.15, -0.1) is 0 Å². The molecule has 0 heterocycles. The van der Waals surface area contributed by atoms with Gasteiger partial charge >= 0.3 is 20.2 Å². The van der Waals surface area contributed by atoms with Gasteiger partial charge in [0.05, 0.1) is 7.11 Å². The molecule has 0 spiro atoms. The predicted molar refractivity (Wildman–Crippen MR) is 62.7 cm³/mol. The van der Waals surface area contributed by atoms with Crippen LogP contribution in [0.1, 0.15) is 13.8 Å². The van der Waals surface area contributed by atoms with Gasteiger partial charge in [0.2, 0.25) is 0 Å². The molecule has 0 bridgehead atoms. The molecule has 8 heteroatoms. The van der Waals surface area contributed by atoms with Gasteiger partial charge in [-0.3, -0.25) is 4.57 Å². The normalized spacial score (nSPS) is 7.88. The Bertz CT molecular complexity index is 292. The number of carboxylic acid groups (broad SMARTS) is 1. The van der Waals surface area contributed by atoms with E-state index in [0.29, 0.717) is 5.57 Å². The van der Waals surface area contributed by atoms with Gasteiger partial charge < -0.3 is 19.6 Å². The van der Waals surface area contributed by atoms with E-state index >= 15 is 0 Å². The second-order valence-corrected chi connectivity index (χ2v) is 3.21. The van der Waals surface area contributed by atoms with E-state index in [1.54, 1.807) is 6.92 Å². The molecule has 7 nitrogen and oxygen atoms in total. The largest absolute Gasteiger partial charge is 0.478 e. The Balaban J connectivity index is -0.000000180. The van der Waals surface area contributed by atoms with Gasteiger partial charge in [0.15, 0.2) is 0 Å². The lowest BCUT2D eigenvalue weighted by Crippen LogP contribution is -1.98. The highest BCUT2D eigenvalue weighted by Gasteiger charge is 1.95. The molecule has 0 aliphatic rings. The summed E-state index contributed by atoms with van der Waals surface area (Å²) >= 11 is 0. The Kier molecular flexibility index (Phi) is 15.6. The van der Waals surface area contributed by atoms with Crippen molar-refractivity contribution in [3.8, 4) is 0 Å². The number of carbonyl (C=O) groups is 2. The molecule has 0 radical (unpaired) electrons. The van der Waals surface area contributed by atoms with Crippen LogP contribution in [0.2, 0.25) is 0 Å². The van der Waals surface area contributed by atoms with E-state index in [0.717, 1.165) is 0 Å². The Hall–Kier alpha value is -1.43. The number of methoxy groups -OCH3 is 1. The van der Waals surface area contributed by atoms with Gasteiger partial charge in [-0.2, -0.15) is 0 Å². The fourth-order valence-electron chi connectivity index (χ4n) is 0.174. The van der Waals surface area contributed by atoms with Crippen LogP contribution >= 0.6 is 8.25 Å². The Labute approximate surface area is 100.0 Å². The predicted octanol–water partition coefficient (Wildman–Crippen LogP) is 0.743. The van der Waals surface area contributed by atoms with E-state index in [-0.39, 0.29) is 11.5 Å². The molecule has 100 valence electrons. The van der Waals surface area contributed by atoms with Crippen molar-refractivity contribution in [2.24, 2.45) is 0 Å². The van der Waals surface area contributed by atoms with Crippen LogP contribution in [0.3, 0.4) is 0 Å². The highest BCUT2D eigenvalue weighted by Crippen LogP contribution is 1.98. The van der Waals surface area contributed by atoms with Gasteiger partial charge in [-0.05, 0) is 13.8 Å². The summed E-state index contributed by atoms with van der Waals surface area (Å²) in [6.45, 7) is 9.56. The quantitative estimate of drug-likeness (QED) is 0.383. The number of carbonyl (C=O) groups excluding carboxylic acids is 1. The number of esters is 1. The molecule has 0 fully saturated rings. The van der Waals surface area contributed by atoms with Crippen LogP contribution in [0.25, 0.3) is 0 Å². The van der Waals surface area contributed by atoms with Crippen molar-refractivity contribution >= 4 is 20.2 Å². The van der Waals surface area contributed by atoms with Crippen molar-refractivity contribution in [3.05, 3.63) is 24.3 Å². The summed E-state index contributed by atoms with van der Waals surface area (Å²) in [4.78, 5) is 34.1. The van der Waals surface area contributed by atoms with Crippen LogP contribution in [0.15, 0.2) is 24.3 Å². The molecule has 0 saturated heterocycles. The van der Waals surface area contributed by atoms with Crippen molar-refractivity contribution in [2.45, 2.75) is 13.8 Å². The monoisotopic (exact) mass is 268 g/mol. The van der Waals surface area contributed by atoms with Crippen molar-refractivity contribution in [1.29, 1.82) is 0 Å². The minimum absolute atomic E-state index is 0.176. The second kappa shape index (κ2) is 12.6. The van der Waals surface area contributed by atoms with Crippen LogP contribution in [0.5, 0.6) is 0 Å². The summed E-state index contributed by atoms with van der Waals surface area (Å²) in [6, 6.07) is 0. The lowest BCUT2D eigenvalue weighted by Gasteiger charge is -1.91. The summed E-state index contributed by atoms with van der Waals surface area (Å²) in [7, 11) is -1.80. The Morgan fingerprint density at radius 2 is 1.35 bits per heavy atom. The summed E-state index contributed by atoms with van der Waals surface area (Å²) in [5.74, 6) is -1.28. The first-order valence-electron chi connectivity index (χ1n) is 4.10. The van der Waals surface area contributed by atoms with Crippen LogP contribution in [-0.4, -0.2) is 33.9 Å². The van der Waals surface area contributed by atoms with Crippen LogP contribution in [0, 0.1) is 0 Å². The van der Waals surface area contributed by atoms with Crippen LogP contribution < -0.4 is 0 Å². The van der Waals surface area contributed by atoms with E-state index in [9.17, 15) is 9.59 Å². The minimum Gasteiger partial charge on any atom is -0.478 e. The first-order chi connectivity index (χ1) is 7.56. The summed E-state index contributed by atoms with van der Waals surface area (Å²) in [5, 5.41) is 7.89. The van der Waals surface area contributed by atoms with Crippen LogP contribution in [0.4, 0.5) is 0 Å². The maximum atomic E-state index is 10.2. The van der Waals surface area contributed by atoms with Crippen molar-refractivity contribution < 1.29 is 33.8 Å². The van der Waals surface area contributed by atoms with Gasteiger partial charge in [-0.1, -0.05) is 13.2 Å². The average Bonchev–Trinajstić information content (AvgIpc) is 2.16. The Morgan fingerprint density at radius 3 is 1.35 bits per heavy atom. The first-order valence-corrected chi connectivity index (χ1v) is 5.41. The maximum absolute atomic E-state index is 10.2. The molecule has 0 amide bonds. The summed E-state index contributed by atoms with van der Waals surface area (Å²) in [6.07, 6.45) is 0. The number of rotatable bonds is 2. The SMILES string of the molecule is C=C(C)C(=O)O.C=C(C)C(=O)OC.O=[PH](O)O. The fourth-order valence-corrected chi connectivity index (χ4v) is 0.174. The number of hydrogen-bond donors (Lipinski definition) is 3. The molecule has 0 unspecified atom stereocenters. The number of ether oxygens (including phenoxy) is 1. The van der Waals surface area contributed by atoms with E-state index in [1.165, 1.54) is 14.0 Å². The zero-order chi connectivity index (χ0) is 14.6. The van der Waals surface area contributed by atoms with Gasteiger partial charge in [0, 0.05) is 11.1 Å².